The number of carbonyl (C=O) groups is 1. The number of hydrazine groups is 1. The van der Waals surface area contributed by atoms with E-state index in [9.17, 15) is 9.90 Å². The minimum Gasteiger partial charge on any atom is -0.507 e. The molecule has 0 radical (unpaired) electrons. The zero-order valence-electron chi connectivity index (χ0n) is 13.7. The number of amides is 1. The van der Waals surface area contributed by atoms with Crippen LogP contribution in [0.3, 0.4) is 0 Å². The molecule has 5 nitrogen and oxygen atoms in total. The van der Waals surface area contributed by atoms with Gasteiger partial charge in [0.25, 0.3) is 5.91 Å². The van der Waals surface area contributed by atoms with Gasteiger partial charge in [0.05, 0.1) is 12.8 Å². The summed E-state index contributed by atoms with van der Waals surface area (Å²) in [5.74, 6) is 0.380. The lowest BCUT2D eigenvalue weighted by molar-refractivity contribution is 0.0942. The van der Waals surface area contributed by atoms with Gasteiger partial charge in [0.15, 0.2) is 0 Å². The Morgan fingerprint density at radius 1 is 1.04 bits per heavy atom. The maximum Gasteiger partial charge on any atom is 0.269 e. The number of phenolic OH excluding ortho intramolecular Hbond substituents is 1. The first kappa shape index (κ1) is 16.4. The third-order valence-electron chi connectivity index (χ3n) is 3.88. The van der Waals surface area contributed by atoms with Gasteiger partial charge in [-0.15, -0.1) is 0 Å². The molecule has 0 fully saturated rings. The highest BCUT2D eigenvalue weighted by atomic mass is 16.5. The van der Waals surface area contributed by atoms with Gasteiger partial charge in [0.2, 0.25) is 0 Å². The molecule has 5 heteroatoms. The van der Waals surface area contributed by atoms with Gasteiger partial charge in [-0.05, 0) is 29.7 Å². The SMILES string of the molecule is C=C(NNC(=O)c1cccc(OC)c1)c1ccc2ccccc2c1O. The molecule has 0 aliphatic heterocycles. The molecule has 126 valence electrons. The van der Waals surface area contributed by atoms with E-state index in [-0.39, 0.29) is 11.7 Å². The summed E-state index contributed by atoms with van der Waals surface area (Å²) in [6.45, 7) is 3.88. The smallest absolute Gasteiger partial charge is 0.269 e. The van der Waals surface area contributed by atoms with Crippen molar-refractivity contribution in [1.82, 2.24) is 10.9 Å². The highest BCUT2D eigenvalue weighted by Gasteiger charge is 2.11. The fourth-order valence-corrected chi connectivity index (χ4v) is 2.53. The lowest BCUT2D eigenvalue weighted by atomic mass is 10.0. The first-order valence-corrected chi connectivity index (χ1v) is 7.70. The van der Waals surface area contributed by atoms with Crippen molar-refractivity contribution in [3.8, 4) is 11.5 Å². The van der Waals surface area contributed by atoms with Crippen LogP contribution in [0.15, 0.2) is 67.2 Å². The van der Waals surface area contributed by atoms with Gasteiger partial charge >= 0.3 is 0 Å². The second kappa shape index (κ2) is 6.97. The normalized spacial score (nSPS) is 10.3. The second-order valence-electron chi connectivity index (χ2n) is 5.47. The van der Waals surface area contributed by atoms with Crippen LogP contribution < -0.4 is 15.6 Å². The van der Waals surface area contributed by atoms with Gasteiger partial charge in [0, 0.05) is 16.5 Å². The first-order chi connectivity index (χ1) is 12.1. The molecule has 0 saturated heterocycles. The average molecular weight is 334 g/mol. The summed E-state index contributed by atoms with van der Waals surface area (Å²) >= 11 is 0. The number of ether oxygens (including phenoxy) is 1. The lowest BCUT2D eigenvalue weighted by Crippen LogP contribution is -2.35. The van der Waals surface area contributed by atoms with Gasteiger partial charge in [-0.25, -0.2) is 0 Å². The van der Waals surface area contributed by atoms with Crippen molar-refractivity contribution in [3.63, 3.8) is 0 Å². The van der Waals surface area contributed by atoms with Crippen molar-refractivity contribution >= 4 is 22.4 Å². The summed E-state index contributed by atoms with van der Waals surface area (Å²) < 4.78 is 5.11. The zero-order valence-corrected chi connectivity index (χ0v) is 13.7. The van der Waals surface area contributed by atoms with E-state index in [2.05, 4.69) is 17.4 Å². The van der Waals surface area contributed by atoms with Gasteiger partial charge in [-0.2, -0.15) is 0 Å². The summed E-state index contributed by atoms with van der Waals surface area (Å²) in [4.78, 5) is 12.2. The monoisotopic (exact) mass is 334 g/mol. The standard InChI is InChI=1S/C20H18N2O3/c1-13(17-11-10-14-6-3-4-9-18(14)19(17)23)21-22-20(24)15-7-5-8-16(12-15)25-2/h3-12,21,23H,1H2,2H3,(H,22,24). The number of carbonyl (C=O) groups excluding carboxylic acids is 1. The van der Waals surface area contributed by atoms with Gasteiger partial charge in [-0.1, -0.05) is 43.0 Å². The molecule has 25 heavy (non-hydrogen) atoms. The molecule has 0 heterocycles. The summed E-state index contributed by atoms with van der Waals surface area (Å²) in [7, 11) is 1.54. The maximum atomic E-state index is 12.2. The van der Waals surface area contributed by atoms with Gasteiger partial charge in [-0.3, -0.25) is 15.6 Å². The molecule has 0 spiro atoms. The Kier molecular flexibility index (Phi) is 4.57. The number of rotatable bonds is 5. The van der Waals surface area contributed by atoms with Crippen LogP contribution in [0.25, 0.3) is 16.5 Å². The molecule has 0 aliphatic rings. The van der Waals surface area contributed by atoms with E-state index in [0.29, 0.717) is 22.6 Å². The molecule has 3 aromatic carbocycles. The fourth-order valence-electron chi connectivity index (χ4n) is 2.53. The Hall–Kier alpha value is -3.47. The number of hydrogen-bond donors (Lipinski definition) is 3. The highest BCUT2D eigenvalue weighted by Crippen LogP contribution is 2.31. The number of methoxy groups -OCH3 is 1. The van der Waals surface area contributed by atoms with Crippen LogP contribution in [-0.4, -0.2) is 18.1 Å². The van der Waals surface area contributed by atoms with Crippen LogP contribution >= 0.6 is 0 Å². The molecule has 0 aliphatic carbocycles. The summed E-state index contributed by atoms with van der Waals surface area (Å²) in [6, 6.07) is 18.0. The molecule has 0 unspecified atom stereocenters. The van der Waals surface area contributed by atoms with E-state index < -0.39 is 0 Å². The van der Waals surface area contributed by atoms with Crippen molar-refractivity contribution in [1.29, 1.82) is 0 Å². The Morgan fingerprint density at radius 3 is 2.64 bits per heavy atom. The maximum absolute atomic E-state index is 12.2. The van der Waals surface area contributed by atoms with E-state index in [0.717, 1.165) is 10.8 Å². The van der Waals surface area contributed by atoms with E-state index in [1.807, 2.05) is 30.3 Å². The number of nitrogens with one attached hydrogen (secondary N) is 2. The molecule has 0 bridgehead atoms. The van der Waals surface area contributed by atoms with Crippen LogP contribution in [0.1, 0.15) is 15.9 Å². The van der Waals surface area contributed by atoms with Crippen molar-refractivity contribution in [2.24, 2.45) is 0 Å². The predicted octanol–water partition coefficient (Wildman–Crippen LogP) is 3.46. The average Bonchev–Trinajstić information content (AvgIpc) is 2.66. The van der Waals surface area contributed by atoms with Crippen LogP contribution in [-0.2, 0) is 0 Å². The minimum atomic E-state index is -0.333. The molecule has 3 N–H and O–H groups in total. The van der Waals surface area contributed by atoms with Crippen molar-refractivity contribution in [3.05, 3.63) is 78.4 Å². The third-order valence-corrected chi connectivity index (χ3v) is 3.88. The molecule has 0 saturated carbocycles. The Bertz CT molecular complexity index is 951. The Labute approximate surface area is 145 Å². The van der Waals surface area contributed by atoms with Crippen LogP contribution in [0.5, 0.6) is 11.5 Å². The first-order valence-electron chi connectivity index (χ1n) is 7.70. The Balaban J connectivity index is 1.74. The molecule has 0 aromatic heterocycles. The van der Waals surface area contributed by atoms with Crippen LogP contribution in [0.4, 0.5) is 0 Å². The number of phenols is 1. The molecule has 0 atom stereocenters. The van der Waals surface area contributed by atoms with Crippen molar-refractivity contribution in [2.45, 2.75) is 0 Å². The molecule has 1 amide bonds. The van der Waals surface area contributed by atoms with Gasteiger partial charge < -0.3 is 9.84 Å². The second-order valence-corrected chi connectivity index (χ2v) is 5.47. The number of benzene rings is 3. The highest BCUT2D eigenvalue weighted by molar-refractivity contribution is 5.96. The quantitative estimate of drug-likeness (QED) is 0.625. The van der Waals surface area contributed by atoms with Crippen molar-refractivity contribution < 1.29 is 14.6 Å². The number of hydrogen-bond acceptors (Lipinski definition) is 4. The fraction of sp³-hybridized carbons (Fsp3) is 0.0500. The molecular weight excluding hydrogens is 316 g/mol. The Morgan fingerprint density at radius 2 is 1.84 bits per heavy atom. The molecular formula is C20H18N2O3. The topological polar surface area (TPSA) is 70.6 Å². The molecule has 3 aromatic rings. The van der Waals surface area contributed by atoms with E-state index in [4.69, 9.17) is 4.74 Å². The minimum absolute atomic E-state index is 0.117. The summed E-state index contributed by atoms with van der Waals surface area (Å²) in [5.41, 5.74) is 6.67. The van der Waals surface area contributed by atoms with E-state index >= 15 is 0 Å². The summed E-state index contributed by atoms with van der Waals surface area (Å²) in [5, 5.41) is 12.1. The van der Waals surface area contributed by atoms with Crippen molar-refractivity contribution in [2.75, 3.05) is 7.11 Å². The predicted molar refractivity (Wildman–Crippen MR) is 98.2 cm³/mol. The van der Waals surface area contributed by atoms with E-state index in [1.165, 1.54) is 0 Å². The van der Waals surface area contributed by atoms with Gasteiger partial charge in [0.1, 0.15) is 11.5 Å². The van der Waals surface area contributed by atoms with Crippen LogP contribution in [0.2, 0.25) is 0 Å². The number of aromatic hydroxyl groups is 1. The largest absolute Gasteiger partial charge is 0.507 e. The molecule has 3 rings (SSSR count). The number of fused-ring (bicyclic) bond motifs is 1. The van der Waals surface area contributed by atoms with Crippen LogP contribution in [0, 0.1) is 0 Å². The summed E-state index contributed by atoms with van der Waals surface area (Å²) in [6.07, 6.45) is 0. The lowest BCUT2D eigenvalue weighted by Gasteiger charge is -2.14. The zero-order chi connectivity index (χ0) is 17.8. The van der Waals surface area contributed by atoms with E-state index in [1.54, 1.807) is 37.4 Å². The third kappa shape index (κ3) is 3.40.